The molecular formula is C35H24BrCl2F5N2O6. The van der Waals surface area contributed by atoms with Gasteiger partial charge in [0.1, 0.15) is 5.69 Å². The van der Waals surface area contributed by atoms with Crippen molar-refractivity contribution in [2.45, 2.75) is 41.9 Å². The van der Waals surface area contributed by atoms with Crippen LogP contribution in [0.2, 0.25) is 0 Å². The number of anilines is 2. The first-order valence-electron chi connectivity index (χ1n) is 15.6. The quantitative estimate of drug-likeness (QED) is 0.0731. The second-order valence-corrected chi connectivity index (χ2v) is 14.9. The van der Waals surface area contributed by atoms with Crippen LogP contribution in [0, 0.1) is 46.8 Å². The summed E-state index contributed by atoms with van der Waals surface area (Å²) in [5.74, 6) is -22.6. The SMILES string of the molecule is CCc1ccc(N2C(=O)C3CC=C4C(CC5(Cl)C(=O)N(c6c(F)c(F)c(F)c(F)c6F)C(=O)C5(Cl)C4c4cc(Br)cc(OC)c4O)C3C2=O)cc1. The lowest BCUT2D eigenvalue weighted by Crippen LogP contribution is -2.60. The maximum absolute atomic E-state index is 15.3. The number of carbonyl (C=O) groups excluding carboxylic acids is 4. The van der Waals surface area contributed by atoms with Crippen molar-refractivity contribution >= 4 is 74.1 Å². The average Bonchev–Trinajstić information content (AvgIpc) is 3.45. The molecule has 16 heteroatoms. The molecule has 3 fully saturated rings. The fourth-order valence-electron chi connectivity index (χ4n) is 8.02. The van der Waals surface area contributed by atoms with Gasteiger partial charge in [0.05, 0.1) is 24.6 Å². The van der Waals surface area contributed by atoms with E-state index in [2.05, 4.69) is 15.9 Å². The number of phenols is 1. The fourth-order valence-corrected chi connectivity index (χ4v) is 9.40. The third-order valence-electron chi connectivity index (χ3n) is 10.4. The molecule has 0 spiro atoms. The van der Waals surface area contributed by atoms with Gasteiger partial charge in [-0.3, -0.25) is 24.1 Å². The summed E-state index contributed by atoms with van der Waals surface area (Å²) in [6.45, 7) is 1.93. The number of hydrogen-bond acceptors (Lipinski definition) is 6. The van der Waals surface area contributed by atoms with Gasteiger partial charge in [0.2, 0.25) is 17.6 Å². The second kappa shape index (κ2) is 12.0. The van der Waals surface area contributed by atoms with Gasteiger partial charge in [-0.05, 0) is 55.0 Å². The van der Waals surface area contributed by atoms with Gasteiger partial charge < -0.3 is 9.84 Å². The number of aromatic hydroxyl groups is 1. The normalized spacial score (nSPS) is 28.5. The van der Waals surface area contributed by atoms with Crippen molar-refractivity contribution in [3.05, 3.63) is 92.7 Å². The Morgan fingerprint density at radius 1 is 0.882 bits per heavy atom. The smallest absolute Gasteiger partial charge is 0.258 e. The Hall–Kier alpha value is -4.01. The standard InChI is InChI=1S/C35H24BrCl2F5N2O6/c1-3-13-4-6-15(7-5-13)44-30(47)17-9-8-16-19(21(17)31(44)48)12-34(37)32(49)45(28-26(42)24(40)23(39)25(41)27(28)43)33(50)35(34,38)22(16)18-10-14(36)11-20(51-2)29(18)46/h4-8,10-11,17,19,21-22,46H,3,9,12H2,1-2H3. The largest absolute Gasteiger partial charge is 0.504 e. The van der Waals surface area contributed by atoms with Gasteiger partial charge in [0.25, 0.3) is 11.8 Å². The van der Waals surface area contributed by atoms with Gasteiger partial charge in [-0.25, -0.2) is 26.9 Å². The van der Waals surface area contributed by atoms with E-state index in [-0.39, 0.29) is 38.4 Å². The Kier molecular flexibility index (Phi) is 8.34. The van der Waals surface area contributed by atoms with E-state index in [1.54, 1.807) is 24.3 Å². The van der Waals surface area contributed by atoms with Gasteiger partial charge in [0.15, 0.2) is 44.5 Å². The van der Waals surface area contributed by atoms with E-state index in [1.807, 2.05) is 6.92 Å². The maximum atomic E-state index is 15.3. The first-order valence-corrected chi connectivity index (χ1v) is 17.1. The molecule has 2 saturated heterocycles. The van der Waals surface area contributed by atoms with E-state index in [1.165, 1.54) is 25.3 Å². The molecule has 2 aliphatic carbocycles. The first-order chi connectivity index (χ1) is 24.0. The van der Waals surface area contributed by atoms with Crippen LogP contribution in [-0.2, 0) is 25.6 Å². The first kappa shape index (κ1) is 35.4. The van der Waals surface area contributed by atoms with E-state index in [0.29, 0.717) is 6.42 Å². The zero-order valence-corrected chi connectivity index (χ0v) is 29.5. The summed E-state index contributed by atoms with van der Waals surface area (Å²) in [4.78, 5) is 52.1. The minimum absolute atomic E-state index is 0.0568. The highest BCUT2D eigenvalue weighted by molar-refractivity contribution is 9.10. The van der Waals surface area contributed by atoms with Crippen molar-refractivity contribution in [3.8, 4) is 11.5 Å². The molecule has 1 saturated carbocycles. The van der Waals surface area contributed by atoms with Crippen LogP contribution >= 0.6 is 39.1 Å². The number of alkyl halides is 2. The van der Waals surface area contributed by atoms with E-state index in [4.69, 9.17) is 27.9 Å². The highest BCUT2D eigenvalue weighted by Gasteiger charge is 2.77. The molecule has 6 unspecified atom stereocenters. The Morgan fingerprint density at radius 2 is 1.49 bits per heavy atom. The van der Waals surface area contributed by atoms with Crippen LogP contribution in [0.3, 0.4) is 0 Å². The molecule has 4 amide bonds. The Morgan fingerprint density at radius 3 is 2.08 bits per heavy atom. The molecule has 0 radical (unpaired) electrons. The third kappa shape index (κ3) is 4.61. The number of rotatable bonds is 5. The lowest BCUT2D eigenvalue weighted by atomic mass is 9.56. The minimum Gasteiger partial charge on any atom is -0.504 e. The van der Waals surface area contributed by atoms with Gasteiger partial charge in [-0.1, -0.05) is 46.6 Å². The number of benzene rings is 3. The van der Waals surface area contributed by atoms with Crippen LogP contribution in [-0.4, -0.2) is 45.6 Å². The summed E-state index contributed by atoms with van der Waals surface area (Å²) in [6, 6.07) is 9.43. The number of allylic oxidation sites excluding steroid dienone is 2. The number of ether oxygens (including phenoxy) is 1. The Balaban J connectivity index is 1.45. The lowest BCUT2D eigenvalue weighted by Gasteiger charge is -2.50. The molecule has 4 aliphatic rings. The van der Waals surface area contributed by atoms with Gasteiger partial charge in [-0.2, -0.15) is 0 Å². The van der Waals surface area contributed by atoms with Gasteiger partial charge >= 0.3 is 0 Å². The van der Waals surface area contributed by atoms with E-state index in [0.717, 1.165) is 10.5 Å². The molecule has 7 rings (SSSR count). The zero-order valence-electron chi connectivity index (χ0n) is 26.4. The number of fused-ring (bicyclic) bond motifs is 4. The van der Waals surface area contributed by atoms with Crippen molar-refractivity contribution in [1.82, 2.24) is 0 Å². The van der Waals surface area contributed by atoms with Crippen molar-refractivity contribution < 1.29 is 51.0 Å². The van der Waals surface area contributed by atoms with Crippen molar-refractivity contribution in [2.24, 2.45) is 17.8 Å². The van der Waals surface area contributed by atoms with Crippen LogP contribution in [0.15, 0.2) is 52.5 Å². The fraction of sp³-hybridized carbons (Fsp3) is 0.314. The van der Waals surface area contributed by atoms with Crippen LogP contribution in [0.5, 0.6) is 11.5 Å². The predicted molar refractivity (Wildman–Crippen MR) is 177 cm³/mol. The summed E-state index contributed by atoms with van der Waals surface area (Å²) >= 11 is 17.6. The number of halogens is 8. The molecule has 2 aliphatic heterocycles. The van der Waals surface area contributed by atoms with Crippen LogP contribution in [0.4, 0.5) is 33.3 Å². The van der Waals surface area contributed by atoms with E-state index in [9.17, 15) is 37.5 Å². The number of amides is 4. The van der Waals surface area contributed by atoms with E-state index >= 15 is 8.78 Å². The van der Waals surface area contributed by atoms with Gasteiger partial charge in [-0.15, -0.1) is 23.2 Å². The third-order valence-corrected chi connectivity index (χ3v) is 12.3. The van der Waals surface area contributed by atoms with Crippen molar-refractivity contribution in [1.29, 1.82) is 0 Å². The number of carbonyl (C=O) groups is 4. The summed E-state index contributed by atoms with van der Waals surface area (Å²) < 4.78 is 79.1. The van der Waals surface area contributed by atoms with Gasteiger partial charge in [0, 0.05) is 16.0 Å². The van der Waals surface area contributed by atoms with E-state index < -0.39 is 104 Å². The number of methoxy groups -OCH3 is 1. The zero-order chi connectivity index (χ0) is 37.1. The van der Waals surface area contributed by atoms with Crippen LogP contribution < -0.4 is 14.5 Å². The summed E-state index contributed by atoms with van der Waals surface area (Å²) in [6.07, 6.45) is 1.51. The van der Waals surface area contributed by atoms with Crippen LogP contribution in [0.25, 0.3) is 0 Å². The molecule has 1 N–H and O–H groups in total. The molecule has 2 heterocycles. The lowest BCUT2D eigenvalue weighted by molar-refractivity contribution is -0.125. The minimum atomic E-state index is -2.80. The predicted octanol–water partition coefficient (Wildman–Crippen LogP) is 7.19. The molecule has 6 atom stereocenters. The summed E-state index contributed by atoms with van der Waals surface area (Å²) in [5, 5.41) is 11.4. The molecule has 51 heavy (non-hydrogen) atoms. The highest BCUT2D eigenvalue weighted by atomic mass is 79.9. The molecule has 3 aromatic carbocycles. The number of imide groups is 2. The molecular weight excluding hydrogens is 790 g/mol. The van der Waals surface area contributed by atoms with Crippen molar-refractivity contribution in [2.75, 3.05) is 16.9 Å². The monoisotopic (exact) mass is 812 g/mol. The average molecular weight is 814 g/mol. The highest BCUT2D eigenvalue weighted by Crippen LogP contribution is 2.67. The molecule has 0 bridgehead atoms. The number of aryl methyl sites for hydroxylation is 1. The summed E-state index contributed by atoms with van der Waals surface area (Å²) in [5.41, 5.74) is -0.655. The molecule has 3 aromatic rings. The molecule has 266 valence electrons. The topological polar surface area (TPSA) is 104 Å². The molecule has 8 nitrogen and oxygen atoms in total. The number of hydrogen-bond donors (Lipinski definition) is 1. The Bertz CT molecular complexity index is 2110. The summed E-state index contributed by atoms with van der Waals surface area (Å²) in [7, 11) is 1.22. The van der Waals surface area contributed by atoms with Crippen molar-refractivity contribution in [3.63, 3.8) is 0 Å². The number of phenolic OH excluding ortho intramolecular Hbond substituents is 1. The maximum Gasteiger partial charge on any atom is 0.258 e. The Labute approximate surface area is 304 Å². The molecule has 0 aromatic heterocycles. The second-order valence-electron chi connectivity index (χ2n) is 12.8. The number of nitrogens with zero attached hydrogens (tertiary/aromatic N) is 2. The van der Waals surface area contributed by atoms with Crippen LogP contribution in [0.1, 0.15) is 36.8 Å².